The molecule has 1 fully saturated rings. The van der Waals surface area contributed by atoms with Crippen LogP contribution >= 0.6 is 0 Å². The highest BCUT2D eigenvalue weighted by atomic mass is 16.5. The van der Waals surface area contributed by atoms with E-state index in [2.05, 4.69) is 14.9 Å². The Morgan fingerprint density at radius 2 is 2.33 bits per heavy atom. The number of β-amino-alcohol motifs (C(OH)–C–C–N with tert-alkyl or cyclic N) is 1. The quantitative estimate of drug-likeness (QED) is 0.762. The highest BCUT2D eigenvalue weighted by Crippen LogP contribution is 2.17. The standard InChI is InChI=1S/C10H15N3O2/c1-15-10-9(11-3-4-12-10)7-13-5-2-8(14)6-13/h3-4,8,14H,2,5-7H2,1H3/t8-/m1/s1. The second-order valence-corrected chi connectivity index (χ2v) is 3.69. The first kappa shape index (κ1) is 10.3. The molecule has 0 aromatic carbocycles. The predicted molar refractivity (Wildman–Crippen MR) is 54.5 cm³/mol. The van der Waals surface area contributed by atoms with Crippen molar-refractivity contribution >= 4 is 0 Å². The van der Waals surface area contributed by atoms with E-state index in [-0.39, 0.29) is 6.10 Å². The number of rotatable bonds is 3. The van der Waals surface area contributed by atoms with Gasteiger partial charge >= 0.3 is 0 Å². The molecule has 5 heteroatoms. The number of nitrogens with zero attached hydrogens (tertiary/aromatic N) is 3. The fourth-order valence-electron chi connectivity index (χ4n) is 1.80. The Hall–Kier alpha value is -1.20. The summed E-state index contributed by atoms with van der Waals surface area (Å²) >= 11 is 0. The minimum Gasteiger partial charge on any atom is -0.480 e. The topological polar surface area (TPSA) is 58.5 Å². The van der Waals surface area contributed by atoms with Gasteiger partial charge in [-0.2, -0.15) is 0 Å². The monoisotopic (exact) mass is 209 g/mol. The van der Waals surface area contributed by atoms with Crippen LogP contribution in [-0.2, 0) is 6.54 Å². The van der Waals surface area contributed by atoms with Crippen molar-refractivity contribution in [1.29, 1.82) is 0 Å². The van der Waals surface area contributed by atoms with Crippen molar-refractivity contribution in [3.63, 3.8) is 0 Å². The molecule has 0 amide bonds. The van der Waals surface area contributed by atoms with Gasteiger partial charge in [0.1, 0.15) is 5.69 Å². The van der Waals surface area contributed by atoms with Gasteiger partial charge < -0.3 is 9.84 Å². The van der Waals surface area contributed by atoms with E-state index in [0.717, 1.165) is 18.7 Å². The summed E-state index contributed by atoms with van der Waals surface area (Å²) in [5.74, 6) is 0.568. The minimum atomic E-state index is -0.201. The van der Waals surface area contributed by atoms with E-state index >= 15 is 0 Å². The third-order valence-corrected chi connectivity index (χ3v) is 2.55. The maximum Gasteiger partial charge on any atom is 0.236 e. The number of aliphatic hydroxyl groups excluding tert-OH is 1. The van der Waals surface area contributed by atoms with Crippen LogP contribution in [0.25, 0.3) is 0 Å². The van der Waals surface area contributed by atoms with Gasteiger partial charge in [-0.1, -0.05) is 0 Å². The average molecular weight is 209 g/mol. The number of aromatic nitrogens is 2. The third kappa shape index (κ3) is 2.43. The fraction of sp³-hybridized carbons (Fsp3) is 0.600. The summed E-state index contributed by atoms with van der Waals surface area (Å²) in [5.41, 5.74) is 0.828. The SMILES string of the molecule is COc1nccnc1CN1CC[C@@H](O)C1. The van der Waals surface area contributed by atoms with Crippen molar-refractivity contribution in [3.8, 4) is 5.88 Å². The molecule has 2 heterocycles. The second-order valence-electron chi connectivity index (χ2n) is 3.69. The molecule has 1 aromatic rings. The maximum atomic E-state index is 9.40. The lowest BCUT2D eigenvalue weighted by Crippen LogP contribution is -2.22. The van der Waals surface area contributed by atoms with Crippen LogP contribution in [0.4, 0.5) is 0 Å². The first-order chi connectivity index (χ1) is 7.29. The summed E-state index contributed by atoms with van der Waals surface area (Å²) in [7, 11) is 1.59. The van der Waals surface area contributed by atoms with Crippen LogP contribution in [0.3, 0.4) is 0 Å². The molecule has 2 rings (SSSR count). The summed E-state index contributed by atoms with van der Waals surface area (Å²) in [5, 5.41) is 9.40. The molecule has 0 radical (unpaired) electrons. The first-order valence-corrected chi connectivity index (χ1v) is 5.04. The van der Waals surface area contributed by atoms with Crippen LogP contribution < -0.4 is 4.74 Å². The summed E-state index contributed by atoms with van der Waals surface area (Å²) in [6.07, 6.45) is 3.90. The Kier molecular flexibility index (Phi) is 3.13. The van der Waals surface area contributed by atoms with E-state index in [9.17, 15) is 5.11 Å². The van der Waals surface area contributed by atoms with Crippen molar-refractivity contribution in [2.75, 3.05) is 20.2 Å². The highest BCUT2D eigenvalue weighted by molar-refractivity contribution is 5.17. The molecule has 0 bridgehead atoms. The molecule has 0 unspecified atom stereocenters. The largest absolute Gasteiger partial charge is 0.480 e. The van der Waals surface area contributed by atoms with Crippen LogP contribution in [0.15, 0.2) is 12.4 Å². The normalized spacial score (nSPS) is 21.9. The Morgan fingerprint density at radius 1 is 1.53 bits per heavy atom. The van der Waals surface area contributed by atoms with Crippen LogP contribution in [0.2, 0.25) is 0 Å². The van der Waals surface area contributed by atoms with Crippen molar-refractivity contribution in [2.45, 2.75) is 19.1 Å². The van der Waals surface area contributed by atoms with Gasteiger partial charge in [0, 0.05) is 32.0 Å². The Bertz CT molecular complexity index is 332. The number of hydrogen-bond donors (Lipinski definition) is 1. The molecule has 1 saturated heterocycles. The van der Waals surface area contributed by atoms with Gasteiger partial charge in [-0.15, -0.1) is 0 Å². The molecule has 1 N–H and O–H groups in total. The van der Waals surface area contributed by atoms with Crippen molar-refractivity contribution < 1.29 is 9.84 Å². The van der Waals surface area contributed by atoms with E-state index in [1.165, 1.54) is 0 Å². The molecule has 0 aliphatic carbocycles. The van der Waals surface area contributed by atoms with Gasteiger partial charge in [0.25, 0.3) is 0 Å². The average Bonchev–Trinajstić information content (AvgIpc) is 2.65. The van der Waals surface area contributed by atoms with E-state index in [1.54, 1.807) is 19.5 Å². The zero-order valence-electron chi connectivity index (χ0n) is 8.76. The lowest BCUT2D eigenvalue weighted by molar-refractivity contribution is 0.174. The lowest BCUT2D eigenvalue weighted by Gasteiger charge is -2.15. The van der Waals surface area contributed by atoms with Crippen LogP contribution in [0, 0.1) is 0 Å². The van der Waals surface area contributed by atoms with Crippen molar-refractivity contribution in [1.82, 2.24) is 14.9 Å². The van der Waals surface area contributed by atoms with Gasteiger partial charge in [0.2, 0.25) is 5.88 Å². The van der Waals surface area contributed by atoms with Crippen molar-refractivity contribution in [2.24, 2.45) is 0 Å². The third-order valence-electron chi connectivity index (χ3n) is 2.55. The number of methoxy groups -OCH3 is 1. The van der Waals surface area contributed by atoms with E-state index < -0.39 is 0 Å². The molecule has 1 atom stereocenters. The molecule has 1 aliphatic rings. The van der Waals surface area contributed by atoms with Crippen LogP contribution in [0.5, 0.6) is 5.88 Å². The molecule has 82 valence electrons. The zero-order chi connectivity index (χ0) is 10.7. The van der Waals surface area contributed by atoms with E-state index in [0.29, 0.717) is 19.0 Å². The fourth-order valence-corrected chi connectivity index (χ4v) is 1.80. The molecular weight excluding hydrogens is 194 g/mol. The lowest BCUT2D eigenvalue weighted by atomic mass is 10.3. The molecule has 0 spiro atoms. The molecule has 5 nitrogen and oxygen atoms in total. The molecular formula is C10H15N3O2. The molecule has 1 aromatic heterocycles. The maximum absolute atomic E-state index is 9.40. The number of hydrogen-bond acceptors (Lipinski definition) is 5. The number of aliphatic hydroxyl groups is 1. The van der Waals surface area contributed by atoms with Crippen molar-refractivity contribution in [3.05, 3.63) is 18.1 Å². The first-order valence-electron chi connectivity index (χ1n) is 5.04. The molecule has 15 heavy (non-hydrogen) atoms. The Morgan fingerprint density at radius 3 is 3.00 bits per heavy atom. The summed E-state index contributed by atoms with van der Waals surface area (Å²) in [4.78, 5) is 10.5. The number of likely N-dealkylation sites (tertiary alicyclic amines) is 1. The Labute approximate surface area is 88.7 Å². The van der Waals surface area contributed by atoms with Gasteiger partial charge in [0.15, 0.2) is 0 Å². The van der Waals surface area contributed by atoms with Crippen LogP contribution in [-0.4, -0.2) is 46.3 Å². The van der Waals surface area contributed by atoms with Gasteiger partial charge in [-0.3, -0.25) is 9.88 Å². The summed E-state index contributed by atoms with van der Waals surface area (Å²) in [6.45, 7) is 2.30. The second kappa shape index (κ2) is 4.55. The van der Waals surface area contributed by atoms with Gasteiger partial charge in [-0.05, 0) is 6.42 Å². The van der Waals surface area contributed by atoms with E-state index in [1.807, 2.05) is 0 Å². The van der Waals surface area contributed by atoms with Gasteiger partial charge in [0.05, 0.1) is 13.2 Å². The molecule has 0 saturated carbocycles. The minimum absolute atomic E-state index is 0.201. The summed E-state index contributed by atoms with van der Waals surface area (Å²) < 4.78 is 5.12. The zero-order valence-corrected chi connectivity index (χ0v) is 8.76. The smallest absolute Gasteiger partial charge is 0.236 e. The Balaban J connectivity index is 2.04. The highest BCUT2D eigenvalue weighted by Gasteiger charge is 2.21. The van der Waals surface area contributed by atoms with E-state index in [4.69, 9.17) is 4.74 Å². The number of ether oxygens (including phenoxy) is 1. The summed E-state index contributed by atoms with van der Waals surface area (Å²) in [6, 6.07) is 0. The molecule has 1 aliphatic heterocycles. The predicted octanol–water partition coefficient (Wildman–Crippen LogP) is 0.0518. The van der Waals surface area contributed by atoms with Crippen LogP contribution in [0.1, 0.15) is 12.1 Å². The van der Waals surface area contributed by atoms with Gasteiger partial charge in [-0.25, -0.2) is 4.98 Å².